The smallest absolute Gasteiger partial charge is 0.327 e. The summed E-state index contributed by atoms with van der Waals surface area (Å²) in [5.41, 5.74) is 0. The number of hydrogen-bond donors (Lipinski definition) is 1. The molecule has 4 heteroatoms. The first kappa shape index (κ1) is 38.8. The first-order chi connectivity index (χ1) is 18.6. The van der Waals surface area contributed by atoms with Gasteiger partial charge in [-0.1, -0.05) is 161 Å². The van der Waals surface area contributed by atoms with E-state index in [1.54, 1.807) is 6.08 Å². The lowest BCUT2D eigenvalue weighted by molar-refractivity contribution is -0.143. The molecule has 0 aromatic carbocycles. The molecule has 0 fully saturated rings. The van der Waals surface area contributed by atoms with Gasteiger partial charge < -0.3 is 9.84 Å². The standard InChI is InChI=1S/C18H36O2.C16H30O2/c1-3-5-6-7-8-9-10-11-12-13-14-15-16-17-18(19)20-4-2;1-2-3-4-5-6-7-8-9-10-11-12-13-14-15-16(17)18/h3-17H2,1-2H3;14-15H,2-13H2,1H3,(H,17,18). The summed E-state index contributed by atoms with van der Waals surface area (Å²) >= 11 is 0. The van der Waals surface area contributed by atoms with E-state index in [0.717, 1.165) is 19.3 Å². The minimum absolute atomic E-state index is 0.0319. The van der Waals surface area contributed by atoms with Crippen LogP contribution in [-0.2, 0) is 14.3 Å². The highest BCUT2D eigenvalue weighted by Gasteiger charge is 2.00. The summed E-state index contributed by atoms with van der Waals surface area (Å²) < 4.78 is 4.91. The molecule has 0 rings (SSSR count). The zero-order valence-corrected chi connectivity index (χ0v) is 25.9. The van der Waals surface area contributed by atoms with Crippen LogP contribution in [0.1, 0.15) is 188 Å². The Hall–Kier alpha value is -1.32. The van der Waals surface area contributed by atoms with E-state index in [4.69, 9.17) is 9.84 Å². The Morgan fingerprint density at radius 3 is 1.21 bits per heavy atom. The first-order valence-corrected chi connectivity index (χ1v) is 16.6. The van der Waals surface area contributed by atoms with Crippen molar-refractivity contribution < 1.29 is 19.4 Å². The highest BCUT2D eigenvalue weighted by atomic mass is 16.5. The van der Waals surface area contributed by atoms with Gasteiger partial charge in [0.2, 0.25) is 0 Å². The largest absolute Gasteiger partial charge is 0.478 e. The molecule has 0 aromatic heterocycles. The van der Waals surface area contributed by atoms with Crippen molar-refractivity contribution in [1.29, 1.82) is 0 Å². The number of carboxylic acid groups (broad SMARTS) is 1. The van der Waals surface area contributed by atoms with Gasteiger partial charge in [0, 0.05) is 12.5 Å². The number of ether oxygens (including phenoxy) is 1. The normalized spacial score (nSPS) is 10.9. The third-order valence-electron chi connectivity index (χ3n) is 7.02. The lowest BCUT2D eigenvalue weighted by atomic mass is 10.0. The highest BCUT2D eigenvalue weighted by molar-refractivity contribution is 5.79. The van der Waals surface area contributed by atoms with Gasteiger partial charge in [0.1, 0.15) is 0 Å². The Kier molecular flexibility index (Phi) is 36.5. The van der Waals surface area contributed by atoms with Crippen molar-refractivity contribution in [2.45, 2.75) is 188 Å². The molecule has 4 nitrogen and oxygen atoms in total. The third-order valence-corrected chi connectivity index (χ3v) is 7.02. The summed E-state index contributed by atoms with van der Waals surface area (Å²) in [7, 11) is 0. The van der Waals surface area contributed by atoms with Gasteiger partial charge in [-0.2, -0.15) is 0 Å². The Bertz CT molecular complexity index is 501. The van der Waals surface area contributed by atoms with Gasteiger partial charge in [-0.05, 0) is 26.2 Å². The quantitative estimate of drug-likeness (QED) is 0.0611. The predicted octanol–water partition coefficient (Wildman–Crippen LogP) is 11.4. The summed E-state index contributed by atoms with van der Waals surface area (Å²) in [5.74, 6) is -0.867. The fourth-order valence-corrected chi connectivity index (χ4v) is 4.63. The van der Waals surface area contributed by atoms with Crippen LogP contribution in [0.15, 0.2) is 12.2 Å². The lowest BCUT2D eigenvalue weighted by Crippen LogP contribution is -2.03. The SMILES string of the molecule is CCCCCCCCCCCCCC=CC(=O)O.CCCCCCCCCCCCCCCC(=O)OCC. The number of carboxylic acids is 1. The molecule has 0 heterocycles. The fraction of sp³-hybridized carbons (Fsp3) is 0.882. The molecule has 0 aliphatic carbocycles. The zero-order chi connectivity index (χ0) is 28.4. The Morgan fingerprint density at radius 2 is 0.868 bits per heavy atom. The number of esters is 1. The molecule has 0 aliphatic heterocycles. The van der Waals surface area contributed by atoms with Gasteiger partial charge in [-0.3, -0.25) is 4.79 Å². The molecule has 0 bridgehead atoms. The van der Waals surface area contributed by atoms with Crippen LogP contribution in [-0.4, -0.2) is 23.7 Å². The average molecular weight is 539 g/mol. The van der Waals surface area contributed by atoms with E-state index in [-0.39, 0.29) is 5.97 Å². The number of rotatable bonds is 28. The van der Waals surface area contributed by atoms with Crippen LogP contribution in [0.3, 0.4) is 0 Å². The maximum Gasteiger partial charge on any atom is 0.327 e. The van der Waals surface area contributed by atoms with Gasteiger partial charge in [0.25, 0.3) is 0 Å². The summed E-state index contributed by atoms with van der Waals surface area (Å²) in [6.45, 7) is 6.90. The molecule has 1 N–H and O–H groups in total. The number of aliphatic carboxylic acids is 1. The van der Waals surface area contributed by atoms with Gasteiger partial charge in [0.15, 0.2) is 0 Å². The van der Waals surface area contributed by atoms with Gasteiger partial charge in [0.05, 0.1) is 6.61 Å². The summed E-state index contributed by atoms with van der Waals surface area (Å²) in [6.07, 6.45) is 36.7. The molecule has 0 aliphatic rings. The molecule has 0 saturated carbocycles. The number of allylic oxidation sites excluding steroid dienone is 1. The van der Waals surface area contributed by atoms with Gasteiger partial charge in [-0.15, -0.1) is 0 Å². The van der Waals surface area contributed by atoms with E-state index in [0.29, 0.717) is 13.0 Å². The fourth-order valence-electron chi connectivity index (χ4n) is 4.63. The summed E-state index contributed by atoms with van der Waals surface area (Å²) in [4.78, 5) is 21.3. The van der Waals surface area contributed by atoms with Crippen LogP contribution >= 0.6 is 0 Å². The second-order valence-corrected chi connectivity index (χ2v) is 10.9. The topological polar surface area (TPSA) is 63.6 Å². The van der Waals surface area contributed by atoms with Crippen LogP contribution in [0.4, 0.5) is 0 Å². The lowest BCUT2D eigenvalue weighted by Gasteiger charge is -2.03. The molecule has 0 amide bonds. The van der Waals surface area contributed by atoms with Crippen LogP contribution in [0.2, 0.25) is 0 Å². The molecule has 0 aromatic rings. The average Bonchev–Trinajstić information content (AvgIpc) is 2.90. The monoisotopic (exact) mass is 538 g/mol. The number of carbonyl (C=O) groups excluding carboxylic acids is 1. The highest BCUT2D eigenvalue weighted by Crippen LogP contribution is 2.13. The van der Waals surface area contributed by atoms with Crippen molar-refractivity contribution >= 4 is 11.9 Å². The zero-order valence-electron chi connectivity index (χ0n) is 25.9. The van der Waals surface area contributed by atoms with Crippen LogP contribution in [0.5, 0.6) is 0 Å². The van der Waals surface area contributed by atoms with E-state index in [1.807, 2.05) is 6.92 Å². The van der Waals surface area contributed by atoms with E-state index in [9.17, 15) is 9.59 Å². The van der Waals surface area contributed by atoms with Crippen molar-refractivity contribution in [3.05, 3.63) is 12.2 Å². The number of hydrogen-bond acceptors (Lipinski definition) is 3. The van der Waals surface area contributed by atoms with E-state index in [2.05, 4.69) is 13.8 Å². The number of carbonyl (C=O) groups is 2. The minimum Gasteiger partial charge on any atom is -0.478 e. The van der Waals surface area contributed by atoms with Crippen molar-refractivity contribution in [3.63, 3.8) is 0 Å². The third kappa shape index (κ3) is 39.2. The van der Waals surface area contributed by atoms with E-state index in [1.165, 1.54) is 147 Å². The van der Waals surface area contributed by atoms with Gasteiger partial charge >= 0.3 is 11.9 Å². The molecular formula is C34H66O4. The van der Waals surface area contributed by atoms with Crippen molar-refractivity contribution in [2.75, 3.05) is 6.61 Å². The minimum atomic E-state index is -0.835. The second-order valence-electron chi connectivity index (χ2n) is 10.9. The maximum absolute atomic E-state index is 11.1. The molecule has 38 heavy (non-hydrogen) atoms. The van der Waals surface area contributed by atoms with Crippen LogP contribution < -0.4 is 0 Å². The molecule has 0 unspecified atom stereocenters. The van der Waals surface area contributed by atoms with Crippen LogP contribution in [0, 0.1) is 0 Å². The molecule has 0 radical (unpaired) electrons. The molecule has 0 saturated heterocycles. The van der Waals surface area contributed by atoms with E-state index >= 15 is 0 Å². The van der Waals surface area contributed by atoms with Crippen molar-refractivity contribution in [2.24, 2.45) is 0 Å². The molecule has 226 valence electrons. The first-order valence-electron chi connectivity index (χ1n) is 16.6. The van der Waals surface area contributed by atoms with Gasteiger partial charge in [-0.25, -0.2) is 4.79 Å². The van der Waals surface area contributed by atoms with Crippen molar-refractivity contribution in [1.82, 2.24) is 0 Å². The van der Waals surface area contributed by atoms with E-state index < -0.39 is 5.97 Å². The Balaban J connectivity index is 0. The molecule has 0 atom stereocenters. The summed E-state index contributed by atoms with van der Waals surface area (Å²) in [6, 6.07) is 0. The Morgan fingerprint density at radius 1 is 0.526 bits per heavy atom. The predicted molar refractivity (Wildman–Crippen MR) is 165 cm³/mol. The van der Waals surface area contributed by atoms with Crippen LogP contribution in [0.25, 0.3) is 0 Å². The van der Waals surface area contributed by atoms with Crippen molar-refractivity contribution in [3.8, 4) is 0 Å². The summed E-state index contributed by atoms with van der Waals surface area (Å²) in [5, 5.41) is 8.40. The molecule has 0 spiro atoms. The Labute approximate surface area is 237 Å². The maximum atomic E-state index is 11.1. The molecular weight excluding hydrogens is 472 g/mol. The second kappa shape index (κ2) is 35.7. The number of unbranched alkanes of at least 4 members (excludes halogenated alkanes) is 23.